The molecule has 0 aromatic rings. The molecule has 0 rings (SSSR count). The molecular formula is C5H12N2OS. The van der Waals surface area contributed by atoms with Gasteiger partial charge in [0.15, 0.2) is 0 Å². The van der Waals surface area contributed by atoms with Crippen LogP contribution in [0.3, 0.4) is 0 Å². The summed E-state index contributed by atoms with van der Waals surface area (Å²) in [6, 6.07) is 0. The summed E-state index contributed by atoms with van der Waals surface area (Å²) in [6.07, 6.45) is 0. The van der Waals surface area contributed by atoms with Crippen molar-refractivity contribution in [1.82, 2.24) is 5.32 Å². The lowest BCUT2D eigenvalue weighted by Gasteiger charge is -2.01. The molecule has 54 valence electrons. The third-order valence-electron chi connectivity index (χ3n) is 0.773. The number of nitrogens with two attached hydrogens (primary N) is 1. The van der Waals surface area contributed by atoms with Gasteiger partial charge >= 0.3 is 0 Å². The Morgan fingerprint density at radius 1 is 1.78 bits per heavy atom. The second kappa shape index (κ2) is 5.78. The molecule has 0 saturated heterocycles. The highest BCUT2D eigenvalue weighted by Gasteiger charge is 1.85. The molecular weight excluding hydrogens is 136 g/mol. The molecule has 3 N–H and O–H groups in total. The van der Waals surface area contributed by atoms with Gasteiger partial charge in [0.25, 0.3) is 5.17 Å². The quantitative estimate of drug-likeness (QED) is 0.430. The first-order valence-electron chi connectivity index (χ1n) is 2.90. The average Bonchev–Trinajstić information content (AvgIpc) is 1.80. The lowest BCUT2D eigenvalue weighted by atomic mass is 10.6. The summed E-state index contributed by atoms with van der Waals surface area (Å²) in [5.41, 5.74) is 5.06. The molecule has 0 unspecified atom stereocenters. The Morgan fingerprint density at radius 2 is 2.44 bits per heavy atom. The number of thiocarbonyl (C=S) groups is 1. The van der Waals surface area contributed by atoms with Gasteiger partial charge in [0.1, 0.15) is 6.61 Å². The fourth-order valence-corrected chi connectivity index (χ4v) is 0.484. The molecule has 0 radical (unpaired) electrons. The van der Waals surface area contributed by atoms with Crippen LogP contribution >= 0.6 is 12.2 Å². The van der Waals surface area contributed by atoms with Crippen LogP contribution < -0.4 is 11.1 Å². The van der Waals surface area contributed by atoms with Gasteiger partial charge < -0.3 is 15.8 Å². The minimum absolute atomic E-state index is 0.118. The number of hydrogen-bond acceptors (Lipinski definition) is 3. The number of likely N-dealkylation sites (N-methyl/N-ethyl adjacent to an activating group) is 1. The molecule has 3 nitrogen and oxygen atoms in total. The summed E-state index contributed by atoms with van der Waals surface area (Å²) in [5, 5.41) is 3.18. The fourth-order valence-electron chi connectivity index (χ4n) is 0.401. The van der Waals surface area contributed by atoms with E-state index in [0.717, 1.165) is 13.1 Å². The number of rotatable bonds is 4. The molecule has 0 aromatic carbocycles. The van der Waals surface area contributed by atoms with Gasteiger partial charge in [-0.3, -0.25) is 0 Å². The highest BCUT2D eigenvalue weighted by atomic mass is 32.1. The summed E-state index contributed by atoms with van der Waals surface area (Å²) in [6.45, 7) is 4.33. The Hall–Kier alpha value is -0.350. The van der Waals surface area contributed by atoms with Gasteiger partial charge in [-0.1, -0.05) is 6.92 Å². The van der Waals surface area contributed by atoms with Gasteiger partial charge in [-0.2, -0.15) is 0 Å². The van der Waals surface area contributed by atoms with Crippen molar-refractivity contribution < 1.29 is 4.74 Å². The SMILES string of the molecule is CCNCCOC(N)=S. The van der Waals surface area contributed by atoms with Crippen LogP contribution in [0.4, 0.5) is 0 Å². The zero-order chi connectivity index (χ0) is 7.11. The molecule has 0 amide bonds. The Kier molecular flexibility index (Phi) is 5.56. The number of hydrogen-bond donors (Lipinski definition) is 2. The fraction of sp³-hybridized carbons (Fsp3) is 0.800. The molecule has 0 saturated carbocycles. The molecule has 0 aliphatic heterocycles. The second-order valence-electron chi connectivity index (χ2n) is 1.52. The predicted molar refractivity (Wildman–Crippen MR) is 41.3 cm³/mol. The van der Waals surface area contributed by atoms with Crippen molar-refractivity contribution in [1.29, 1.82) is 0 Å². The molecule has 4 heteroatoms. The highest BCUT2D eigenvalue weighted by molar-refractivity contribution is 7.80. The summed E-state index contributed by atoms with van der Waals surface area (Å²) >= 11 is 4.47. The molecule has 0 fully saturated rings. The van der Waals surface area contributed by atoms with E-state index in [1.807, 2.05) is 6.92 Å². The summed E-state index contributed by atoms with van der Waals surface area (Å²) < 4.78 is 4.79. The van der Waals surface area contributed by atoms with Gasteiger partial charge in [0.2, 0.25) is 0 Å². The van der Waals surface area contributed by atoms with Crippen molar-refractivity contribution in [3.05, 3.63) is 0 Å². The van der Waals surface area contributed by atoms with Crippen LogP contribution in [-0.4, -0.2) is 24.9 Å². The van der Waals surface area contributed by atoms with Gasteiger partial charge in [-0.05, 0) is 18.8 Å². The van der Waals surface area contributed by atoms with Crippen molar-refractivity contribution in [2.75, 3.05) is 19.7 Å². The van der Waals surface area contributed by atoms with E-state index in [2.05, 4.69) is 17.5 Å². The topological polar surface area (TPSA) is 47.3 Å². The van der Waals surface area contributed by atoms with E-state index in [4.69, 9.17) is 10.5 Å². The lowest BCUT2D eigenvalue weighted by Crippen LogP contribution is -2.22. The summed E-state index contributed by atoms with van der Waals surface area (Å²) in [4.78, 5) is 0. The van der Waals surface area contributed by atoms with Crippen molar-refractivity contribution >= 4 is 17.4 Å². The normalized spacial score (nSPS) is 9.00. The molecule has 9 heavy (non-hydrogen) atoms. The first-order valence-corrected chi connectivity index (χ1v) is 3.31. The van der Waals surface area contributed by atoms with E-state index in [0.29, 0.717) is 6.61 Å². The summed E-state index contributed by atoms with van der Waals surface area (Å²) in [5.74, 6) is 0. The van der Waals surface area contributed by atoms with Gasteiger partial charge in [0.05, 0.1) is 0 Å². The standard InChI is InChI=1S/C5H12N2OS/c1-2-7-3-4-8-5(6)9/h7H,2-4H2,1H3,(H2,6,9). The van der Waals surface area contributed by atoms with E-state index in [-0.39, 0.29) is 5.17 Å². The minimum atomic E-state index is 0.118. The minimum Gasteiger partial charge on any atom is -0.470 e. The highest BCUT2D eigenvalue weighted by Crippen LogP contribution is 1.70. The van der Waals surface area contributed by atoms with Crippen molar-refractivity contribution in [2.45, 2.75) is 6.92 Å². The predicted octanol–water partition coefficient (Wildman–Crippen LogP) is -0.144. The van der Waals surface area contributed by atoms with Crippen LogP contribution in [0.1, 0.15) is 6.92 Å². The maximum atomic E-state index is 5.06. The molecule has 0 aliphatic rings. The average molecular weight is 148 g/mol. The van der Waals surface area contributed by atoms with Gasteiger partial charge in [0, 0.05) is 6.54 Å². The van der Waals surface area contributed by atoms with Crippen molar-refractivity contribution in [2.24, 2.45) is 5.73 Å². The van der Waals surface area contributed by atoms with Crippen LogP contribution in [0.15, 0.2) is 0 Å². The zero-order valence-corrected chi connectivity index (χ0v) is 6.33. The molecule has 0 bridgehead atoms. The van der Waals surface area contributed by atoms with Crippen LogP contribution in [0.25, 0.3) is 0 Å². The second-order valence-corrected chi connectivity index (χ2v) is 1.92. The van der Waals surface area contributed by atoms with Crippen molar-refractivity contribution in [3.63, 3.8) is 0 Å². The maximum Gasteiger partial charge on any atom is 0.253 e. The van der Waals surface area contributed by atoms with Crippen LogP contribution in [0.2, 0.25) is 0 Å². The zero-order valence-electron chi connectivity index (χ0n) is 5.52. The smallest absolute Gasteiger partial charge is 0.253 e. The van der Waals surface area contributed by atoms with E-state index in [1.165, 1.54) is 0 Å². The third-order valence-corrected chi connectivity index (χ3v) is 0.891. The van der Waals surface area contributed by atoms with Crippen LogP contribution in [0, 0.1) is 0 Å². The van der Waals surface area contributed by atoms with Gasteiger partial charge in [-0.15, -0.1) is 0 Å². The molecule has 0 aliphatic carbocycles. The first-order chi connectivity index (χ1) is 4.27. The van der Waals surface area contributed by atoms with Crippen molar-refractivity contribution in [3.8, 4) is 0 Å². The molecule has 0 heterocycles. The Balaban J connectivity index is 2.83. The Morgan fingerprint density at radius 3 is 2.89 bits per heavy atom. The largest absolute Gasteiger partial charge is 0.470 e. The number of ether oxygens (including phenoxy) is 1. The lowest BCUT2D eigenvalue weighted by molar-refractivity contribution is 0.306. The Bertz CT molecular complexity index is 87.0. The van der Waals surface area contributed by atoms with E-state index >= 15 is 0 Å². The first kappa shape index (κ1) is 8.65. The summed E-state index contributed by atoms with van der Waals surface area (Å²) in [7, 11) is 0. The van der Waals surface area contributed by atoms with Gasteiger partial charge in [-0.25, -0.2) is 0 Å². The van der Waals surface area contributed by atoms with E-state index < -0.39 is 0 Å². The Labute approximate surface area is 60.6 Å². The monoisotopic (exact) mass is 148 g/mol. The molecule has 0 aromatic heterocycles. The molecule has 0 atom stereocenters. The maximum absolute atomic E-state index is 5.06. The molecule has 0 spiro atoms. The van der Waals surface area contributed by atoms with Crippen LogP contribution in [-0.2, 0) is 4.74 Å². The third kappa shape index (κ3) is 7.65. The van der Waals surface area contributed by atoms with Crippen LogP contribution in [0.5, 0.6) is 0 Å². The van der Waals surface area contributed by atoms with E-state index in [9.17, 15) is 0 Å². The van der Waals surface area contributed by atoms with E-state index in [1.54, 1.807) is 0 Å². The number of nitrogens with one attached hydrogen (secondary N) is 1.